The molecule has 0 bridgehead atoms. The minimum atomic E-state index is -0.402. The Morgan fingerprint density at radius 1 is 1.33 bits per heavy atom. The second-order valence-electron chi connectivity index (χ2n) is 4.94. The Labute approximate surface area is 108 Å². The first-order chi connectivity index (χ1) is 8.51. The Morgan fingerprint density at radius 3 is 2.61 bits per heavy atom. The van der Waals surface area contributed by atoms with Crippen molar-refractivity contribution in [2.24, 2.45) is 5.92 Å². The number of hydrogen-bond donors (Lipinski definition) is 1. The van der Waals surface area contributed by atoms with Gasteiger partial charge in [0.1, 0.15) is 11.6 Å². The van der Waals surface area contributed by atoms with E-state index in [0.29, 0.717) is 19.1 Å². The Morgan fingerprint density at radius 2 is 2.06 bits per heavy atom. The SMILES string of the molecule is COCCN(Cc1cc(O)cc(F)c1)CC(C)C. The van der Waals surface area contributed by atoms with E-state index < -0.39 is 5.82 Å². The van der Waals surface area contributed by atoms with Crippen LogP contribution in [0.4, 0.5) is 4.39 Å². The van der Waals surface area contributed by atoms with Gasteiger partial charge in [0.2, 0.25) is 0 Å². The lowest BCUT2D eigenvalue weighted by Crippen LogP contribution is -2.30. The zero-order valence-electron chi connectivity index (χ0n) is 11.3. The van der Waals surface area contributed by atoms with Gasteiger partial charge in [0, 0.05) is 32.8 Å². The zero-order chi connectivity index (χ0) is 13.5. The summed E-state index contributed by atoms with van der Waals surface area (Å²) in [4.78, 5) is 2.20. The summed E-state index contributed by atoms with van der Waals surface area (Å²) < 4.78 is 18.3. The van der Waals surface area contributed by atoms with Crippen LogP contribution in [0.3, 0.4) is 0 Å². The summed E-state index contributed by atoms with van der Waals surface area (Å²) in [5.74, 6) is 0.103. The predicted molar refractivity (Wildman–Crippen MR) is 70.1 cm³/mol. The number of phenols is 1. The van der Waals surface area contributed by atoms with Crippen LogP contribution in [-0.2, 0) is 11.3 Å². The quantitative estimate of drug-likeness (QED) is 0.813. The maximum Gasteiger partial charge on any atom is 0.127 e. The first-order valence-corrected chi connectivity index (χ1v) is 6.21. The Balaban J connectivity index is 2.68. The van der Waals surface area contributed by atoms with Gasteiger partial charge < -0.3 is 9.84 Å². The highest BCUT2D eigenvalue weighted by molar-refractivity contribution is 5.28. The lowest BCUT2D eigenvalue weighted by Gasteiger charge is -2.24. The van der Waals surface area contributed by atoms with Crippen molar-refractivity contribution in [1.82, 2.24) is 4.90 Å². The van der Waals surface area contributed by atoms with Crippen LogP contribution in [0, 0.1) is 11.7 Å². The van der Waals surface area contributed by atoms with Gasteiger partial charge in [0.05, 0.1) is 6.61 Å². The number of phenolic OH excluding ortho intramolecular Hbond substituents is 1. The summed E-state index contributed by atoms with van der Waals surface area (Å²) >= 11 is 0. The molecule has 0 aromatic heterocycles. The third kappa shape index (κ3) is 5.47. The molecule has 0 heterocycles. The van der Waals surface area contributed by atoms with Crippen molar-refractivity contribution in [3.05, 3.63) is 29.6 Å². The number of benzene rings is 1. The van der Waals surface area contributed by atoms with Crippen molar-refractivity contribution in [1.29, 1.82) is 0 Å². The number of hydrogen-bond acceptors (Lipinski definition) is 3. The molecule has 0 saturated heterocycles. The molecule has 3 nitrogen and oxygen atoms in total. The molecule has 0 radical (unpaired) electrons. The minimum Gasteiger partial charge on any atom is -0.508 e. The Kier molecular flexibility index (Phi) is 6.09. The highest BCUT2D eigenvalue weighted by Gasteiger charge is 2.09. The molecule has 4 heteroatoms. The third-order valence-corrected chi connectivity index (χ3v) is 2.58. The molecule has 0 spiro atoms. The summed E-state index contributed by atoms with van der Waals surface area (Å²) in [6.45, 7) is 7.26. The number of methoxy groups -OCH3 is 1. The molecule has 0 amide bonds. The number of nitrogens with zero attached hydrogens (tertiary/aromatic N) is 1. The van der Waals surface area contributed by atoms with Crippen molar-refractivity contribution in [2.75, 3.05) is 26.8 Å². The molecule has 18 heavy (non-hydrogen) atoms. The van der Waals surface area contributed by atoms with E-state index in [2.05, 4.69) is 18.7 Å². The monoisotopic (exact) mass is 255 g/mol. The summed E-state index contributed by atoms with van der Waals surface area (Å²) in [5, 5.41) is 9.38. The fraction of sp³-hybridized carbons (Fsp3) is 0.571. The van der Waals surface area contributed by atoms with Crippen LogP contribution in [0.2, 0.25) is 0 Å². The Bertz CT molecular complexity index is 349. The standard InChI is InChI=1S/C14H22FNO2/c1-11(2)9-16(4-5-18-3)10-12-6-13(15)8-14(17)7-12/h6-8,11,17H,4-5,9-10H2,1-3H3. The molecule has 1 aromatic carbocycles. The van der Waals surface area contributed by atoms with Crippen molar-refractivity contribution in [3.8, 4) is 5.75 Å². The van der Waals surface area contributed by atoms with Crippen molar-refractivity contribution in [2.45, 2.75) is 20.4 Å². The molecule has 1 N–H and O–H groups in total. The van der Waals surface area contributed by atoms with Crippen molar-refractivity contribution < 1.29 is 14.2 Å². The number of halogens is 1. The third-order valence-electron chi connectivity index (χ3n) is 2.58. The van der Waals surface area contributed by atoms with Crippen LogP contribution in [0.15, 0.2) is 18.2 Å². The topological polar surface area (TPSA) is 32.7 Å². The number of aromatic hydroxyl groups is 1. The minimum absolute atomic E-state index is 0.0266. The highest BCUT2D eigenvalue weighted by Crippen LogP contribution is 2.16. The smallest absolute Gasteiger partial charge is 0.127 e. The highest BCUT2D eigenvalue weighted by atomic mass is 19.1. The molecule has 102 valence electrons. The average Bonchev–Trinajstić information content (AvgIpc) is 2.23. The molecule has 0 fully saturated rings. The summed E-state index contributed by atoms with van der Waals surface area (Å²) in [6.07, 6.45) is 0. The van der Waals surface area contributed by atoms with E-state index in [1.165, 1.54) is 6.07 Å². The summed E-state index contributed by atoms with van der Waals surface area (Å²) in [6, 6.07) is 4.18. The van der Waals surface area contributed by atoms with E-state index >= 15 is 0 Å². The van der Waals surface area contributed by atoms with Crippen LogP contribution >= 0.6 is 0 Å². The lowest BCUT2D eigenvalue weighted by molar-refractivity contribution is 0.136. The van der Waals surface area contributed by atoms with Crippen LogP contribution in [-0.4, -0.2) is 36.8 Å². The van der Waals surface area contributed by atoms with Crippen LogP contribution in [0.25, 0.3) is 0 Å². The lowest BCUT2D eigenvalue weighted by atomic mass is 10.1. The van der Waals surface area contributed by atoms with Gasteiger partial charge in [0.15, 0.2) is 0 Å². The normalized spacial score (nSPS) is 11.4. The Hall–Kier alpha value is -1.13. The van der Waals surface area contributed by atoms with E-state index in [0.717, 1.165) is 24.7 Å². The molecule has 1 rings (SSSR count). The molecule has 1 aromatic rings. The second-order valence-corrected chi connectivity index (χ2v) is 4.94. The number of rotatable bonds is 7. The fourth-order valence-corrected chi connectivity index (χ4v) is 1.95. The van der Waals surface area contributed by atoms with Gasteiger partial charge in [-0.1, -0.05) is 13.8 Å². The molecular weight excluding hydrogens is 233 g/mol. The second kappa shape index (κ2) is 7.34. The van der Waals surface area contributed by atoms with E-state index in [1.807, 2.05) is 0 Å². The van der Waals surface area contributed by atoms with E-state index in [4.69, 9.17) is 4.74 Å². The van der Waals surface area contributed by atoms with Crippen molar-refractivity contribution >= 4 is 0 Å². The van der Waals surface area contributed by atoms with Gasteiger partial charge in [-0.15, -0.1) is 0 Å². The van der Waals surface area contributed by atoms with E-state index in [-0.39, 0.29) is 5.75 Å². The molecular formula is C14H22FNO2. The molecule has 0 aliphatic rings. The fourth-order valence-electron chi connectivity index (χ4n) is 1.95. The molecule has 0 unspecified atom stereocenters. The van der Waals surface area contributed by atoms with Gasteiger partial charge in [-0.25, -0.2) is 4.39 Å². The molecule has 0 aliphatic carbocycles. The van der Waals surface area contributed by atoms with Crippen LogP contribution in [0.1, 0.15) is 19.4 Å². The van der Waals surface area contributed by atoms with Crippen LogP contribution in [0.5, 0.6) is 5.75 Å². The molecule has 0 saturated carbocycles. The first-order valence-electron chi connectivity index (χ1n) is 6.21. The maximum absolute atomic E-state index is 13.2. The van der Waals surface area contributed by atoms with Crippen LogP contribution < -0.4 is 0 Å². The first kappa shape index (κ1) is 14.9. The van der Waals surface area contributed by atoms with Gasteiger partial charge in [-0.2, -0.15) is 0 Å². The summed E-state index contributed by atoms with van der Waals surface area (Å²) in [7, 11) is 1.67. The number of ether oxygens (including phenoxy) is 1. The molecule has 0 aliphatic heterocycles. The van der Waals surface area contributed by atoms with E-state index in [9.17, 15) is 9.50 Å². The largest absolute Gasteiger partial charge is 0.508 e. The predicted octanol–water partition coefficient (Wildman–Crippen LogP) is 2.64. The zero-order valence-corrected chi connectivity index (χ0v) is 11.3. The molecule has 0 atom stereocenters. The average molecular weight is 255 g/mol. The van der Waals surface area contributed by atoms with Gasteiger partial charge in [-0.05, 0) is 23.6 Å². The van der Waals surface area contributed by atoms with E-state index in [1.54, 1.807) is 13.2 Å². The van der Waals surface area contributed by atoms with Gasteiger partial charge in [-0.3, -0.25) is 4.90 Å². The van der Waals surface area contributed by atoms with Gasteiger partial charge >= 0.3 is 0 Å². The van der Waals surface area contributed by atoms with Gasteiger partial charge in [0.25, 0.3) is 0 Å². The maximum atomic E-state index is 13.2. The van der Waals surface area contributed by atoms with Crippen molar-refractivity contribution in [3.63, 3.8) is 0 Å². The summed E-state index contributed by atoms with van der Waals surface area (Å²) in [5.41, 5.74) is 0.782.